The van der Waals surface area contributed by atoms with Gasteiger partial charge in [-0.3, -0.25) is 9.59 Å². The topological polar surface area (TPSA) is 59.1 Å². The molecule has 1 unspecified atom stereocenters. The number of likely N-dealkylation sites (tertiary alicyclic amines) is 2. The van der Waals surface area contributed by atoms with Gasteiger partial charge in [0.05, 0.1) is 13.2 Å². The van der Waals surface area contributed by atoms with Crippen LogP contribution in [0, 0.1) is 6.92 Å². The van der Waals surface area contributed by atoms with Crippen molar-refractivity contribution in [1.29, 1.82) is 0 Å². The molecule has 0 radical (unpaired) electrons. The number of methoxy groups -OCH3 is 1. The minimum absolute atomic E-state index is 0.0223. The molecule has 2 saturated heterocycles. The predicted molar refractivity (Wildman–Crippen MR) is 119 cm³/mol. The summed E-state index contributed by atoms with van der Waals surface area (Å²) in [5, 5.41) is 0. The smallest absolute Gasteiger partial charge is 0.254 e. The van der Waals surface area contributed by atoms with E-state index in [9.17, 15) is 9.59 Å². The lowest BCUT2D eigenvalue weighted by atomic mass is 10.1. The summed E-state index contributed by atoms with van der Waals surface area (Å²) in [4.78, 5) is 29.5. The molecule has 0 spiro atoms. The van der Waals surface area contributed by atoms with Crippen molar-refractivity contribution in [2.75, 3.05) is 33.4 Å². The maximum Gasteiger partial charge on any atom is 0.254 e. The van der Waals surface area contributed by atoms with Crippen molar-refractivity contribution in [1.82, 2.24) is 9.80 Å². The number of benzene rings is 2. The molecule has 0 saturated carbocycles. The molecule has 2 aliphatic rings. The normalized spacial score (nSPS) is 18.3. The minimum atomic E-state index is 0.0223. The van der Waals surface area contributed by atoms with Gasteiger partial charge in [0, 0.05) is 36.3 Å². The molecular weight excluding hydrogens is 392 g/mol. The fourth-order valence-corrected chi connectivity index (χ4v) is 4.49. The van der Waals surface area contributed by atoms with Crippen molar-refractivity contribution in [3.8, 4) is 11.5 Å². The van der Waals surface area contributed by atoms with Crippen molar-refractivity contribution in [3.63, 3.8) is 0 Å². The van der Waals surface area contributed by atoms with Gasteiger partial charge in [-0.25, -0.2) is 0 Å². The third-order valence-electron chi connectivity index (χ3n) is 6.31. The summed E-state index contributed by atoms with van der Waals surface area (Å²) in [6.45, 7) is 4.77. The van der Waals surface area contributed by atoms with Crippen molar-refractivity contribution in [2.24, 2.45) is 0 Å². The highest BCUT2D eigenvalue weighted by Gasteiger charge is 2.31. The van der Waals surface area contributed by atoms with Crippen LogP contribution in [0.2, 0.25) is 0 Å². The van der Waals surface area contributed by atoms with Crippen molar-refractivity contribution in [2.45, 2.75) is 38.6 Å². The molecule has 1 atom stereocenters. The molecule has 2 fully saturated rings. The molecule has 0 N–H and O–H groups in total. The monoisotopic (exact) mass is 422 g/mol. The van der Waals surface area contributed by atoms with E-state index in [-0.39, 0.29) is 17.9 Å². The van der Waals surface area contributed by atoms with Crippen LogP contribution in [0.15, 0.2) is 42.5 Å². The van der Waals surface area contributed by atoms with Crippen LogP contribution in [0.4, 0.5) is 0 Å². The Balaban J connectivity index is 1.38. The van der Waals surface area contributed by atoms with Crippen LogP contribution in [0.3, 0.4) is 0 Å². The Kier molecular flexibility index (Phi) is 6.44. The third kappa shape index (κ3) is 4.53. The summed E-state index contributed by atoms with van der Waals surface area (Å²) in [6, 6.07) is 12.9. The van der Waals surface area contributed by atoms with Crippen LogP contribution in [0.5, 0.6) is 11.5 Å². The zero-order valence-corrected chi connectivity index (χ0v) is 18.3. The molecular formula is C25H30N2O4. The number of amides is 2. The van der Waals surface area contributed by atoms with Crippen molar-refractivity contribution < 1.29 is 19.1 Å². The maximum absolute atomic E-state index is 13.2. The average Bonchev–Trinajstić information content (AvgIpc) is 3.49. The Morgan fingerprint density at radius 1 is 0.968 bits per heavy atom. The van der Waals surface area contributed by atoms with Crippen molar-refractivity contribution in [3.05, 3.63) is 59.2 Å². The van der Waals surface area contributed by atoms with Gasteiger partial charge in [-0.2, -0.15) is 0 Å². The van der Waals surface area contributed by atoms with Crippen LogP contribution in [-0.2, 0) is 0 Å². The SMILES string of the molecule is COc1cccc(C(=O)N2CCCC2COc2ccc(C(=O)N3CCCC3)cc2)c1C. The van der Waals surface area contributed by atoms with E-state index in [1.165, 1.54) is 0 Å². The second kappa shape index (κ2) is 9.41. The van der Waals surface area contributed by atoms with Gasteiger partial charge in [0.2, 0.25) is 0 Å². The second-order valence-corrected chi connectivity index (χ2v) is 8.26. The Bertz CT molecular complexity index is 935. The van der Waals surface area contributed by atoms with Gasteiger partial charge in [0.25, 0.3) is 11.8 Å². The molecule has 2 heterocycles. The Labute approximate surface area is 183 Å². The summed E-state index contributed by atoms with van der Waals surface area (Å²) in [6.07, 6.45) is 4.05. The number of carbonyl (C=O) groups is 2. The van der Waals surface area contributed by atoms with E-state index in [0.29, 0.717) is 17.7 Å². The molecule has 6 heteroatoms. The van der Waals surface area contributed by atoms with Gasteiger partial charge in [-0.15, -0.1) is 0 Å². The fourth-order valence-electron chi connectivity index (χ4n) is 4.49. The molecule has 2 aliphatic heterocycles. The Morgan fingerprint density at radius 2 is 1.71 bits per heavy atom. The van der Waals surface area contributed by atoms with E-state index in [1.54, 1.807) is 7.11 Å². The first-order valence-electron chi connectivity index (χ1n) is 11.0. The molecule has 0 aliphatic carbocycles. The highest BCUT2D eigenvalue weighted by Crippen LogP contribution is 2.26. The first-order chi connectivity index (χ1) is 15.1. The number of ether oxygens (including phenoxy) is 2. The zero-order chi connectivity index (χ0) is 21.8. The van der Waals surface area contributed by atoms with Crippen LogP contribution < -0.4 is 9.47 Å². The van der Waals surface area contributed by atoms with Gasteiger partial charge >= 0.3 is 0 Å². The lowest BCUT2D eigenvalue weighted by Gasteiger charge is -2.26. The van der Waals surface area contributed by atoms with Gasteiger partial charge in [0.1, 0.15) is 18.1 Å². The average molecular weight is 423 g/mol. The minimum Gasteiger partial charge on any atom is -0.496 e. The highest BCUT2D eigenvalue weighted by atomic mass is 16.5. The maximum atomic E-state index is 13.2. The lowest BCUT2D eigenvalue weighted by molar-refractivity contribution is 0.0689. The molecule has 2 aromatic rings. The van der Waals surface area contributed by atoms with E-state index in [0.717, 1.165) is 62.4 Å². The first kappa shape index (κ1) is 21.2. The number of hydrogen-bond acceptors (Lipinski definition) is 4. The number of rotatable bonds is 6. The van der Waals surface area contributed by atoms with Gasteiger partial charge in [0.15, 0.2) is 0 Å². The summed E-state index contributed by atoms with van der Waals surface area (Å²) in [5.74, 6) is 1.55. The van der Waals surface area contributed by atoms with E-state index >= 15 is 0 Å². The molecule has 0 bridgehead atoms. The second-order valence-electron chi connectivity index (χ2n) is 8.26. The predicted octanol–water partition coefficient (Wildman–Crippen LogP) is 3.92. The lowest BCUT2D eigenvalue weighted by Crippen LogP contribution is -2.39. The number of carbonyl (C=O) groups excluding carboxylic acids is 2. The molecule has 2 aromatic carbocycles. The molecule has 2 amide bonds. The van der Waals surface area contributed by atoms with Crippen LogP contribution in [0.25, 0.3) is 0 Å². The Hall–Kier alpha value is -3.02. The van der Waals surface area contributed by atoms with Crippen LogP contribution in [0.1, 0.15) is 52.0 Å². The quantitative estimate of drug-likeness (QED) is 0.708. The van der Waals surface area contributed by atoms with Crippen LogP contribution in [-0.4, -0.2) is 61.0 Å². The molecule has 0 aromatic heterocycles. The summed E-state index contributed by atoms with van der Waals surface area (Å²) in [7, 11) is 1.62. The van der Waals surface area contributed by atoms with Gasteiger partial charge in [-0.05, 0) is 69.0 Å². The molecule has 31 heavy (non-hydrogen) atoms. The van der Waals surface area contributed by atoms with Gasteiger partial charge in [-0.1, -0.05) is 6.07 Å². The summed E-state index contributed by atoms with van der Waals surface area (Å²) >= 11 is 0. The molecule has 164 valence electrons. The molecule has 6 nitrogen and oxygen atoms in total. The van der Waals surface area contributed by atoms with Crippen LogP contribution >= 0.6 is 0 Å². The largest absolute Gasteiger partial charge is 0.496 e. The fraction of sp³-hybridized carbons (Fsp3) is 0.440. The zero-order valence-electron chi connectivity index (χ0n) is 18.3. The van der Waals surface area contributed by atoms with E-state index in [1.807, 2.05) is 59.2 Å². The summed E-state index contributed by atoms with van der Waals surface area (Å²) < 4.78 is 11.4. The standard InChI is InChI=1S/C25H30N2O4/c1-18-22(8-5-9-23(18)30-2)25(29)27-16-6-7-20(27)17-31-21-12-10-19(11-13-21)24(28)26-14-3-4-15-26/h5,8-13,20H,3-4,6-7,14-17H2,1-2H3. The number of nitrogens with zero attached hydrogens (tertiary/aromatic N) is 2. The third-order valence-corrected chi connectivity index (χ3v) is 6.31. The Morgan fingerprint density at radius 3 is 2.42 bits per heavy atom. The first-order valence-corrected chi connectivity index (χ1v) is 11.0. The van der Waals surface area contributed by atoms with Crippen molar-refractivity contribution >= 4 is 11.8 Å². The van der Waals surface area contributed by atoms with E-state index < -0.39 is 0 Å². The highest BCUT2D eigenvalue weighted by molar-refractivity contribution is 5.96. The summed E-state index contributed by atoms with van der Waals surface area (Å²) in [5.41, 5.74) is 2.23. The van der Waals surface area contributed by atoms with E-state index in [2.05, 4.69) is 0 Å². The van der Waals surface area contributed by atoms with Gasteiger partial charge < -0.3 is 19.3 Å². The molecule has 4 rings (SSSR count). The number of hydrogen-bond donors (Lipinski definition) is 0. The van der Waals surface area contributed by atoms with E-state index in [4.69, 9.17) is 9.47 Å².